The minimum absolute atomic E-state index is 0.0761. The van der Waals surface area contributed by atoms with Gasteiger partial charge in [0.2, 0.25) is 0 Å². The van der Waals surface area contributed by atoms with Gasteiger partial charge >= 0.3 is 0 Å². The van der Waals surface area contributed by atoms with Crippen molar-refractivity contribution in [1.29, 1.82) is 0 Å². The maximum atomic E-state index is 13.1. The van der Waals surface area contributed by atoms with E-state index in [2.05, 4.69) is 0 Å². The fraction of sp³-hybridized carbons (Fsp3) is 0.462. The number of likely N-dealkylation sites (tertiary alicyclic amines) is 1. The number of amides is 1. The monoisotopic (exact) mass is 301 g/mol. The van der Waals surface area contributed by atoms with Gasteiger partial charge in [-0.25, -0.2) is 17.2 Å². The number of benzene rings is 1. The van der Waals surface area contributed by atoms with E-state index in [1.165, 1.54) is 29.2 Å². The number of halogens is 2. The number of sulfone groups is 1. The molecule has 0 aromatic heterocycles. The molecule has 2 fully saturated rings. The van der Waals surface area contributed by atoms with Crippen LogP contribution >= 0.6 is 0 Å². The van der Waals surface area contributed by atoms with Gasteiger partial charge in [-0.2, -0.15) is 0 Å². The molecule has 0 unspecified atom stereocenters. The highest BCUT2D eigenvalue weighted by molar-refractivity contribution is 7.90. The van der Waals surface area contributed by atoms with Crippen LogP contribution in [0.3, 0.4) is 0 Å². The molecule has 4 nitrogen and oxygen atoms in total. The summed E-state index contributed by atoms with van der Waals surface area (Å²) < 4.78 is 48.7. The summed E-state index contributed by atoms with van der Waals surface area (Å²) in [5.74, 6) is -2.97. The van der Waals surface area contributed by atoms with Gasteiger partial charge in [0.15, 0.2) is 9.84 Å². The average Bonchev–Trinajstić information content (AvgIpc) is 2.89. The zero-order valence-corrected chi connectivity index (χ0v) is 11.6. The third kappa shape index (κ3) is 1.91. The molecule has 1 spiro atoms. The minimum Gasteiger partial charge on any atom is -0.337 e. The highest BCUT2D eigenvalue weighted by atomic mass is 32.2. The van der Waals surface area contributed by atoms with E-state index in [-0.39, 0.29) is 30.3 Å². The standard InChI is InChI=1S/C13H13F2NO3S/c1-20(18,19)10-4-2-9(3-5-10)11(17)16-7-12(8-16)6-13(12,14)15/h2-5H,6-8H2,1H3. The fourth-order valence-electron chi connectivity index (χ4n) is 2.58. The van der Waals surface area contributed by atoms with Crippen LogP contribution in [0.2, 0.25) is 0 Å². The molecule has 3 rings (SSSR count). The first-order valence-electron chi connectivity index (χ1n) is 6.12. The molecule has 0 N–H and O–H groups in total. The van der Waals surface area contributed by atoms with Crippen LogP contribution in [0.1, 0.15) is 16.8 Å². The summed E-state index contributed by atoms with van der Waals surface area (Å²) in [6.45, 7) is 0.152. The first-order chi connectivity index (χ1) is 9.15. The lowest BCUT2D eigenvalue weighted by Gasteiger charge is -2.39. The molecule has 1 aliphatic heterocycles. The number of hydrogen-bond donors (Lipinski definition) is 0. The van der Waals surface area contributed by atoms with Crippen molar-refractivity contribution >= 4 is 15.7 Å². The van der Waals surface area contributed by atoms with Crippen molar-refractivity contribution in [3.05, 3.63) is 29.8 Å². The largest absolute Gasteiger partial charge is 0.337 e. The molecular weight excluding hydrogens is 288 g/mol. The Morgan fingerprint density at radius 3 is 2.10 bits per heavy atom. The predicted octanol–water partition coefficient (Wildman–Crippen LogP) is 1.57. The van der Waals surface area contributed by atoms with E-state index in [0.717, 1.165) is 6.26 Å². The SMILES string of the molecule is CS(=O)(=O)c1ccc(C(=O)N2CC3(C2)CC3(F)F)cc1. The first kappa shape index (κ1) is 13.5. The van der Waals surface area contributed by atoms with E-state index in [4.69, 9.17) is 0 Å². The van der Waals surface area contributed by atoms with Crippen molar-refractivity contribution in [2.45, 2.75) is 17.2 Å². The molecule has 1 amide bonds. The number of alkyl halides is 2. The Hall–Kier alpha value is -1.50. The van der Waals surface area contributed by atoms with E-state index in [1.54, 1.807) is 0 Å². The van der Waals surface area contributed by atoms with Crippen molar-refractivity contribution in [1.82, 2.24) is 4.90 Å². The molecule has 108 valence electrons. The number of rotatable bonds is 2. The van der Waals surface area contributed by atoms with Gasteiger partial charge in [-0.15, -0.1) is 0 Å². The van der Waals surface area contributed by atoms with Crippen molar-refractivity contribution in [3.63, 3.8) is 0 Å². The summed E-state index contributed by atoms with van der Waals surface area (Å²) in [7, 11) is -3.31. The molecule has 1 aromatic rings. The van der Waals surface area contributed by atoms with Crippen LogP contribution in [0.15, 0.2) is 29.2 Å². The van der Waals surface area contributed by atoms with Gasteiger partial charge in [-0.05, 0) is 24.3 Å². The molecular formula is C13H13F2NO3S. The molecule has 7 heteroatoms. The van der Waals surface area contributed by atoms with Crippen molar-refractivity contribution in [3.8, 4) is 0 Å². The molecule has 1 heterocycles. The van der Waals surface area contributed by atoms with Crippen LogP contribution in [0.4, 0.5) is 8.78 Å². The van der Waals surface area contributed by atoms with E-state index in [1.807, 2.05) is 0 Å². The Balaban J connectivity index is 1.70. The molecule has 1 saturated carbocycles. The Labute approximate surface area is 115 Å². The molecule has 20 heavy (non-hydrogen) atoms. The van der Waals surface area contributed by atoms with Gasteiger partial charge in [-0.3, -0.25) is 4.79 Å². The maximum absolute atomic E-state index is 13.1. The zero-order valence-electron chi connectivity index (χ0n) is 10.8. The molecule has 0 bridgehead atoms. The van der Waals surface area contributed by atoms with Gasteiger partial charge < -0.3 is 4.90 Å². The maximum Gasteiger partial charge on any atom is 0.258 e. The Bertz CT molecular complexity index is 676. The van der Waals surface area contributed by atoms with Crippen LogP contribution in [0, 0.1) is 5.41 Å². The minimum atomic E-state index is -3.31. The van der Waals surface area contributed by atoms with E-state index in [0.29, 0.717) is 5.56 Å². The van der Waals surface area contributed by atoms with Gasteiger partial charge in [0, 0.05) is 31.3 Å². The smallest absolute Gasteiger partial charge is 0.258 e. The molecule has 1 aliphatic carbocycles. The van der Waals surface area contributed by atoms with Crippen molar-refractivity contribution in [2.24, 2.45) is 5.41 Å². The highest BCUT2D eigenvalue weighted by Crippen LogP contribution is 2.65. The normalized spacial score (nSPS) is 22.4. The van der Waals surface area contributed by atoms with Crippen LogP contribution in [-0.4, -0.2) is 44.5 Å². The Morgan fingerprint density at radius 1 is 1.20 bits per heavy atom. The lowest BCUT2D eigenvalue weighted by Crippen LogP contribution is -2.54. The van der Waals surface area contributed by atoms with Crippen LogP contribution in [0.5, 0.6) is 0 Å². The molecule has 2 aliphatic rings. The van der Waals surface area contributed by atoms with Crippen LogP contribution in [0.25, 0.3) is 0 Å². The molecule has 1 saturated heterocycles. The predicted molar refractivity (Wildman–Crippen MR) is 67.5 cm³/mol. The lowest BCUT2D eigenvalue weighted by molar-refractivity contribution is -0.0153. The van der Waals surface area contributed by atoms with Crippen LogP contribution < -0.4 is 0 Å². The highest BCUT2D eigenvalue weighted by Gasteiger charge is 2.76. The quantitative estimate of drug-likeness (QED) is 0.833. The second-order valence-corrected chi connectivity index (χ2v) is 7.64. The van der Waals surface area contributed by atoms with Gasteiger partial charge in [0.1, 0.15) is 0 Å². The van der Waals surface area contributed by atoms with Crippen molar-refractivity contribution in [2.75, 3.05) is 19.3 Å². The van der Waals surface area contributed by atoms with E-state index >= 15 is 0 Å². The fourth-order valence-corrected chi connectivity index (χ4v) is 3.21. The number of nitrogens with zero attached hydrogens (tertiary/aromatic N) is 1. The summed E-state index contributed by atoms with van der Waals surface area (Å²) in [6.07, 6.45) is 0.939. The number of hydrogen-bond acceptors (Lipinski definition) is 3. The van der Waals surface area contributed by atoms with Gasteiger partial charge in [0.05, 0.1) is 10.3 Å². The molecule has 1 aromatic carbocycles. The summed E-state index contributed by atoms with van der Waals surface area (Å²) in [5.41, 5.74) is -0.675. The molecule has 0 atom stereocenters. The van der Waals surface area contributed by atoms with Crippen LogP contribution in [-0.2, 0) is 9.84 Å². The number of carbonyl (C=O) groups is 1. The average molecular weight is 301 g/mol. The summed E-state index contributed by atoms with van der Waals surface area (Å²) in [4.78, 5) is 13.5. The summed E-state index contributed by atoms with van der Waals surface area (Å²) >= 11 is 0. The van der Waals surface area contributed by atoms with E-state index in [9.17, 15) is 22.0 Å². The third-order valence-electron chi connectivity index (χ3n) is 4.01. The summed E-state index contributed by atoms with van der Waals surface area (Å²) in [5, 5.41) is 0. The summed E-state index contributed by atoms with van der Waals surface area (Å²) in [6, 6.07) is 5.53. The van der Waals surface area contributed by atoms with Gasteiger partial charge in [0.25, 0.3) is 11.8 Å². The zero-order chi connectivity index (χ0) is 14.8. The molecule has 0 radical (unpaired) electrons. The van der Waals surface area contributed by atoms with E-state index < -0.39 is 21.2 Å². The third-order valence-corrected chi connectivity index (χ3v) is 5.14. The second kappa shape index (κ2) is 3.78. The topological polar surface area (TPSA) is 54.5 Å². The number of carbonyl (C=O) groups excluding carboxylic acids is 1. The lowest BCUT2D eigenvalue weighted by atomic mass is 9.95. The Morgan fingerprint density at radius 2 is 1.70 bits per heavy atom. The van der Waals surface area contributed by atoms with Crippen molar-refractivity contribution < 1.29 is 22.0 Å². The second-order valence-electron chi connectivity index (χ2n) is 5.62. The Kier molecular flexibility index (Phi) is 2.55. The first-order valence-corrected chi connectivity index (χ1v) is 8.01. The van der Waals surface area contributed by atoms with Gasteiger partial charge in [-0.1, -0.05) is 0 Å².